The van der Waals surface area contributed by atoms with Crippen LogP contribution < -0.4 is 16.0 Å². The number of nitrogens with two attached hydrogens (primary N) is 1. The van der Waals surface area contributed by atoms with Gasteiger partial charge in [-0.2, -0.15) is 0 Å². The molecule has 0 aliphatic carbocycles. The lowest BCUT2D eigenvalue weighted by Gasteiger charge is -2.30. The molecule has 0 saturated carbocycles. The Bertz CT molecular complexity index is 850. The molecule has 0 unspecified atom stereocenters. The minimum atomic E-state index is -0.508. The number of benzene rings is 2. The summed E-state index contributed by atoms with van der Waals surface area (Å²) in [5.74, 6) is -0.749. The van der Waals surface area contributed by atoms with Crippen LogP contribution in [0.2, 0.25) is 0 Å². The van der Waals surface area contributed by atoms with Crippen molar-refractivity contribution in [3.8, 4) is 0 Å². The molecule has 5 nitrogen and oxygen atoms in total. The van der Waals surface area contributed by atoms with Crippen molar-refractivity contribution in [1.29, 1.82) is 0 Å². The molecule has 1 saturated heterocycles. The van der Waals surface area contributed by atoms with Gasteiger partial charge in [-0.3, -0.25) is 9.59 Å². The Morgan fingerprint density at radius 2 is 1.74 bits per heavy atom. The van der Waals surface area contributed by atoms with Crippen LogP contribution in [0.5, 0.6) is 0 Å². The quantitative estimate of drug-likeness (QED) is 0.795. The van der Waals surface area contributed by atoms with Gasteiger partial charge in [-0.05, 0) is 56.0 Å². The normalized spacial score (nSPS) is 14.3. The SMILES string of the molecule is Cc1ccc(/C=C/C(=O)Nc2cc(C(N)=O)ccc2N2CCCCC2)cc1. The van der Waals surface area contributed by atoms with Crippen LogP contribution in [0.15, 0.2) is 48.5 Å². The number of hydrogen-bond donors (Lipinski definition) is 2. The van der Waals surface area contributed by atoms with E-state index in [1.54, 1.807) is 18.2 Å². The zero-order valence-electron chi connectivity index (χ0n) is 15.6. The summed E-state index contributed by atoms with van der Waals surface area (Å²) in [5, 5.41) is 2.91. The van der Waals surface area contributed by atoms with E-state index in [2.05, 4.69) is 10.2 Å². The van der Waals surface area contributed by atoms with Crippen molar-refractivity contribution in [2.24, 2.45) is 5.73 Å². The van der Waals surface area contributed by atoms with Gasteiger partial charge in [0.25, 0.3) is 0 Å². The molecule has 0 atom stereocenters. The summed E-state index contributed by atoms with van der Waals surface area (Å²) < 4.78 is 0. The van der Waals surface area contributed by atoms with E-state index in [0.717, 1.165) is 37.2 Å². The standard InChI is InChI=1S/C22H25N3O2/c1-16-5-7-17(8-6-16)9-12-21(26)24-19-15-18(22(23)27)10-11-20(19)25-13-3-2-4-14-25/h5-12,15H,2-4,13-14H2,1H3,(H2,23,27)(H,24,26)/b12-9+. The first-order valence-electron chi connectivity index (χ1n) is 9.27. The second-order valence-corrected chi connectivity index (χ2v) is 6.88. The number of aryl methyl sites for hydroxylation is 1. The molecule has 27 heavy (non-hydrogen) atoms. The second kappa shape index (κ2) is 8.54. The number of piperidine rings is 1. The number of rotatable bonds is 5. The molecule has 1 aliphatic heterocycles. The molecule has 2 aromatic rings. The second-order valence-electron chi connectivity index (χ2n) is 6.88. The fourth-order valence-electron chi connectivity index (χ4n) is 3.22. The van der Waals surface area contributed by atoms with Gasteiger partial charge in [-0.1, -0.05) is 29.8 Å². The molecular weight excluding hydrogens is 338 g/mol. The van der Waals surface area contributed by atoms with Gasteiger partial charge in [-0.25, -0.2) is 0 Å². The van der Waals surface area contributed by atoms with Crippen molar-refractivity contribution in [2.45, 2.75) is 26.2 Å². The third kappa shape index (κ3) is 4.97. The lowest BCUT2D eigenvalue weighted by atomic mass is 10.1. The first kappa shape index (κ1) is 18.7. The number of anilines is 2. The van der Waals surface area contributed by atoms with E-state index < -0.39 is 5.91 Å². The highest BCUT2D eigenvalue weighted by molar-refractivity contribution is 6.05. The molecule has 1 heterocycles. The molecule has 0 aromatic heterocycles. The van der Waals surface area contributed by atoms with Crippen molar-refractivity contribution in [1.82, 2.24) is 0 Å². The van der Waals surface area contributed by atoms with Gasteiger partial charge in [0.05, 0.1) is 11.4 Å². The Labute approximate surface area is 159 Å². The highest BCUT2D eigenvalue weighted by Gasteiger charge is 2.17. The monoisotopic (exact) mass is 363 g/mol. The number of carbonyl (C=O) groups is 2. The molecule has 5 heteroatoms. The molecule has 3 N–H and O–H groups in total. The third-order valence-corrected chi connectivity index (χ3v) is 4.74. The van der Waals surface area contributed by atoms with E-state index in [9.17, 15) is 9.59 Å². The summed E-state index contributed by atoms with van der Waals surface area (Å²) in [6.07, 6.45) is 6.74. The van der Waals surface area contributed by atoms with Crippen molar-refractivity contribution >= 4 is 29.3 Å². The maximum absolute atomic E-state index is 12.4. The van der Waals surface area contributed by atoms with Crippen LogP contribution in [0.3, 0.4) is 0 Å². The van der Waals surface area contributed by atoms with Crippen LogP contribution in [0, 0.1) is 6.92 Å². The molecular formula is C22H25N3O2. The maximum Gasteiger partial charge on any atom is 0.248 e. The van der Waals surface area contributed by atoms with Gasteiger partial charge in [0.15, 0.2) is 0 Å². The number of carbonyl (C=O) groups excluding carboxylic acids is 2. The number of nitrogens with zero attached hydrogens (tertiary/aromatic N) is 1. The van der Waals surface area contributed by atoms with Crippen LogP contribution in [0.4, 0.5) is 11.4 Å². The summed E-state index contributed by atoms with van der Waals surface area (Å²) in [6.45, 7) is 3.91. The van der Waals surface area contributed by atoms with Crippen LogP contribution >= 0.6 is 0 Å². The molecule has 2 amide bonds. The average Bonchev–Trinajstić information content (AvgIpc) is 2.68. The van der Waals surface area contributed by atoms with Gasteiger partial charge < -0.3 is 16.0 Å². The summed E-state index contributed by atoms with van der Waals surface area (Å²) in [7, 11) is 0. The smallest absolute Gasteiger partial charge is 0.248 e. The first-order valence-corrected chi connectivity index (χ1v) is 9.27. The van der Waals surface area contributed by atoms with Crippen LogP contribution in [-0.2, 0) is 4.79 Å². The Morgan fingerprint density at radius 3 is 2.41 bits per heavy atom. The van der Waals surface area contributed by atoms with E-state index in [4.69, 9.17) is 5.73 Å². The predicted molar refractivity (Wildman–Crippen MR) is 110 cm³/mol. The van der Waals surface area contributed by atoms with Crippen molar-refractivity contribution in [3.05, 3.63) is 65.2 Å². The fourth-order valence-corrected chi connectivity index (χ4v) is 3.22. The lowest BCUT2D eigenvalue weighted by molar-refractivity contribution is -0.111. The molecule has 0 bridgehead atoms. The van der Waals surface area contributed by atoms with Gasteiger partial charge in [-0.15, -0.1) is 0 Å². The van der Waals surface area contributed by atoms with E-state index in [-0.39, 0.29) is 5.91 Å². The number of hydrogen-bond acceptors (Lipinski definition) is 3. The van der Waals surface area contributed by atoms with Crippen molar-refractivity contribution < 1.29 is 9.59 Å². The summed E-state index contributed by atoms with van der Waals surface area (Å²) in [6, 6.07) is 13.2. The van der Waals surface area contributed by atoms with Gasteiger partial charge >= 0.3 is 0 Å². The molecule has 3 rings (SSSR count). The highest BCUT2D eigenvalue weighted by Crippen LogP contribution is 2.29. The van der Waals surface area contributed by atoms with E-state index in [1.165, 1.54) is 18.1 Å². The Hall–Kier alpha value is -3.08. The molecule has 1 aliphatic rings. The maximum atomic E-state index is 12.4. The topological polar surface area (TPSA) is 75.4 Å². The lowest BCUT2D eigenvalue weighted by Crippen LogP contribution is -2.30. The molecule has 0 spiro atoms. The largest absolute Gasteiger partial charge is 0.370 e. The zero-order chi connectivity index (χ0) is 19.2. The minimum Gasteiger partial charge on any atom is -0.370 e. The first-order chi connectivity index (χ1) is 13.0. The minimum absolute atomic E-state index is 0.240. The number of nitrogens with one attached hydrogen (secondary N) is 1. The summed E-state index contributed by atoms with van der Waals surface area (Å²) >= 11 is 0. The number of amides is 2. The van der Waals surface area contributed by atoms with Gasteiger partial charge in [0.2, 0.25) is 11.8 Å². The average molecular weight is 363 g/mol. The highest BCUT2D eigenvalue weighted by atomic mass is 16.1. The molecule has 0 radical (unpaired) electrons. The molecule has 140 valence electrons. The van der Waals surface area contributed by atoms with Gasteiger partial charge in [0.1, 0.15) is 0 Å². The van der Waals surface area contributed by atoms with Crippen LogP contribution in [0.1, 0.15) is 40.7 Å². The Balaban J connectivity index is 1.80. The van der Waals surface area contributed by atoms with E-state index >= 15 is 0 Å². The third-order valence-electron chi connectivity index (χ3n) is 4.74. The van der Waals surface area contributed by atoms with Gasteiger partial charge in [0, 0.05) is 24.7 Å². The Kier molecular flexibility index (Phi) is 5.91. The van der Waals surface area contributed by atoms with Crippen LogP contribution in [0.25, 0.3) is 6.08 Å². The zero-order valence-corrected chi connectivity index (χ0v) is 15.6. The van der Waals surface area contributed by atoms with Crippen LogP contribution in [-0.4, -0.2) is 24.9 Å². The Morgan fingerprint density at radius 1 is 1.04 bits per heavy atom. The van der Waals surface area contributed by atoms with E-state index in [0.29, 0.717) is 11.3 Å². The fraction of sp³-hybridized carbons (Fsp3) is 0.273. The summed E-state index contributed by atoms with van der Waals surface area (Å²) in [4.78, 5) is 26.2. The van der Waals surface area contributed by atoms with Crippen molar-refractivity contribution in [2.75, 3.05) is 23.3 Å². The molecule has 2 aromatic carbocycles. The van der Waals surface area contributed by atoms with Crippen molar-refractivity contribution in [3.63, 3.8) is 0 Å². The number of primary amides is 1. The summed E-state index contributed by atoms with van der Waals surface area (Å²) in [5.41, 5.74) is 9.47. The van der Waals surface area contributed by atoms with E-state index in [1.807, 2.05) is 37.3 Å². The molecule has 1 fully saturated rings. The predicted octanol–water partition coefficient (Wildman–Crippen LogP) is 3.74.